The van der Waals surface area contributed by atoms with Crippen LogP contribution in [0.1, 0.15) is 34.6 Å². The highest BCUT2D eigenvalue weighted by atomic mass is 35.5. The van der Waals surface area contributed by atoms with Crippen molar-refractivity contribution in [1.82, 2.24) is 20.8 Å². The summed E-state index contributed by atoms with van der Waals surface area (Å²) in [4.78, 5) is 20.5. The number of hydrogen-bond acceptors (Lipinski definition) is 10. The first-order valence-corrected chi connectivity index (χ1v) is 13.1. The third-order valence-electron chi connectivity index (χ3n) is 4.28. The molecule has 0 aliphatic rings. The summed E-state index contributed by atoms with van der Waals surface area (Å²) in [6, 6.07) is 6.86. The first-order chi connectivity index (χ1) is 16.2. The number of rotatable bonds is 10. The van der Waals surface area contributed by atoms with Crippen LogP contribution in [0.3, 0.4) is 0 Å². The van der Waals surface area contributed by atoms with E-state index in [1.807, 2.05) is 5.48 Å². The number of hydroxylamine groups is 1. The molecule has 0 spiro atoms. The SMILES string of the molecule is CS(=O)(=O)Cc1ccc(C(=O)CCCSc2nonc2C(=Nc2ccc(F)c(Cl)c2)NO)cn1. The number of hydrogen-bond donors (Lipinski definition) is 2. The maximum absolute atomic E-state index is 13.3. The standard InChI is InChI=1S/C20H19ClFN5O5S2/c1-34(30,31)11-14-5-4-12(10-23-14)17(28)3-2-8-33-20-18(26-32-27-20)19(25-29)24-13-6-7-16(22)15(21)9-13/h4-7,9-10,29H,2-3,8,11H2,1H3,(H,24,25). The Hall–Kier alpha value is -2.87. The van der Waals surface area contributed by atoms with Crippen molar-refractivity contribution in [1.29, 1.82) is 0 Å². The molecular weight excluding hydrogens is 509 g/mol. The Morgan fingerprint density at radius 3 is 2.74 bits per heavy atom. The molecule has 34 heavy (non-hydrogen) atoms. The number of carbonyl (C=O) groups is 1. The van der Waals surface area contributed by atoms with E-state index < -0.39 is 15.7 Å². The third-order valence-corrected chi connectivity index (χ3v) is 6.42. The van der Waals surface area contributed by atoms with Gasteiger partial charge in [0.1, 0.15) is 5.82 Å². The van der Waals surface area contributed by atoms with Crippen LogP contribution in [0.2, 0.25) is 5.02 Å². The number of nitrogens with one attached hydrogen (secondary N) is 1. The lowest BCUT2D eigenvalue weighted by atomic mass is 10.1. The lowest BCUT2D eigenvalue weighted by molar-refractivity contribution is 0.0981. The molecule has 2 aromatic heterocycles. The zero-order chi connectivity index (χ0) is 24.7. The van der Waals surface area contributed by atoms with Gasteiger partial charge in [-0.2, -0.15) is 0 Å². The minimum atomic E-state index is -3.20. The zero-order valence-corrected chi connectivity index (χ0v) is 20.1. The number of ketones is 1. The Morgan fingerprint density at radius 1 is 1.29 bits per heavy atom. The molecule has 3 rings (SSSR count). The first kappa shape index (κ1) is 25.7. The molecule has 2 heterocycles. The molecule has 180 valence electrons. The summed E-state index contributed by atoms with van der Waals surface area (Å²) in [7, 11) is -3.20. The van der Waals surface area contributed by atoms with Crippen LogP contribution in [0.4, 0.5) is 10.1 Å². The van der Waals surface area contributed by atoms with Crippen LogP contribution in [0.25, 0.3) is 0 Å². The smallest absolute Gasteiger partial charge is 0.186 e. The summed E-state index contributed by atoms with van der Waals surface area (Å²) in [6.45, 7) is 0. The summed E-state index contributed by atoms with van der Waals surface area (Å²) in [5.41, 5.74) is 3.08. The first-order valence-electron chi connectivity index (χ1n) is 9.71. The monoisotopic (exact) mass is 527 g/mol. The Kier molecular flexibility index (Phi) is 8.72. The van der Waals surface area contributed by atoms with Crippen molar-refractivity contribution < 1.29 is 27.4 Å². The van der Waals surface area contributed by atoms with E-state index in [0.29, 0.717) is 28.5 Å². The molecule has 3 aromatic rings. The van der Waals surface area contributed by atoms with Crippen molar-refractivity contribution >= 4 is 50.5 Å². The van der Waals surface area contributed by atoms with Gasteiger partial charge in [-0.05, 0) is 47.1 Å². The largest absolute Gasteiger partial charge is 0.294 e. The van der Waals surface area contributed by atoms with Crippen LogP contribution in [-0.4, -0.2) is 52.5 Å². The van der Waals surface area contributed by atoms with E-state index in [4.69, 9.17) is 16.2 Å². The number of sulfone groups is 1. The topological polar surface area (TPSA) is 148 Å². The molecule has 1 aromatic carbocycles. The Balaban J connectivity index is 1.57. The van der Waals surface area contributed by atoms with E-state index in [9.17, 15) is 22.8 Å². The molecule has 0 fully saturated rings. The van der Waals surface area contributed by atoms with Gasteiger partial charge >= 0.3 is 0 Å². The van der Waals surface area contributed by atoms with Gasteiger partial charge in [0, 0.05) is 30.2 Å². The van der Waals surface area contributed by atoms with Crippen molar-refractivity contribution in [2.24, 2.45) is 4.99 Å². The minimum Gasteiger partial charge on any atom is -0.294 e. The second-order valence-electron chi connectivity index (χ2n) is 7.07. The Bertz CT molecular complexity index is 1300. The molecule has 0 radical (unpaired) electrons. The summed E-state index contributed by atoms with van der Waals surface area (Å²) in [6.07, 6.45) is 3.21. The van der Waals surface area contributed by atoms with Gasteiger partial charge in [0.25, 0.3) is 0 Å². The zero-order valence-electron chi connectivity index (χ0n) is 17.7. The molecule has 0 saturated carbocycles. The average molecular weight is 528 g/mol. The van der Waals surface area contributed by atoms with E-state index in [1.54, 1.807) is 6.07 Å². The highest BCUT2D eigenvalue weighted by molar-refractivity contribution is 7.99. The van der Waals surface area contributed by atoms with Crippen molar-refractivity contribution in [2.45, 2.75) is 23.6 Å². The molecule has 0 aliphatic heterocycles. The number of pyridine rings is 1. The summed E-state index contributed by atoms with van der Waals surface area (Å²) >= 11 is 6.99. The second-order valence-corrected chi connectivity index (χ2v) is 10.7. The highest BCUT2D eigenvalue weighted by Gasteiger charge is 2.18. The normalized spacial score (nSPS) is 12.1. The van der Waals surface area contributed by atoms with Crippen LogP contribution in [0.5, 0.6) is 0 Å². The number of aliphatic imine (C=N–C) groups is 1. The lowest BCUT2D eigenvalue weighted by Gasteiger charge is -2.04. The highest BCUT2D eigenvalue weighted by Crippen LogP contribution is 2.25. The number of Topliss-reactive ketones (excluding diaryl/α,β-unsaturated/α-hetero) is 1. The minimum absolute atomic E-state index is 0.0808. The van der Waals surface area contributed by atoms with Gasteiger partial charge in [-0.25, -0.2) is 22.4 Å². The van der Waals surface area contributed by atoms with Crippen LogP contribution in [0, 0.1) is 5.82 Å². The van der Waals surface area contributed by atoms with E-state index in [0.717, 1.165) is 12.3 Å². The fourth-order valence-electron chi connectivity index (χ4n) is 2.72. The summed E-state index contributed by atoms with van der Waals surface area (Å²) in [5.74, 6) is -0.525. The van der Waals surface area contributed by atoms with E-state index in [1.165, 1.54) is 36.2 Å². The van der Waals surface area contributed by atoms with Gasteiger partial charge in [0.15, 0.2) is 32.2 Å². The molecule has 14 heteroatoms. The Labute approximate surface area is 203 Å². The van der Waals surface area contributed by atoms with Crippen LogP contribution in [-0.2, 0) is 15.6 Å². The molecule has 0 atom stereocenters. The molecule has 0 aliphatic carbocycles. The molecule has 2 N–H and O–H groups in total. The third kappa shape index (κ3) is 7.32. The summed E-state index contributed by atoms with van der Waals surface area (Å²) in [5, 5.41) is 17.2. The fourth-order valence-corrected chi connectivity index (χ4v) is 4.45. The lowest BCUT2D eigenvalue weighted by Crippen LogP contribution is -2.21. The molecule has 0 bridgehead atoms. The van der Waals surface area contributed by atoms with Gasteiger partial charge in [0.2, 0.25) is 0 Å². The van der Waals surface area contributed by atoms with Gasteiger partial charge in [-0.3, -0.25) is 20.5 Å². The number of nitrogens with zero attached hydrogens (tertiary/aromatic N) is 4. The van der Waals surface area contributed by atoms with E-state index >= 15 is 0 Å². The van der Waals surface area contributed by atoms with Gasteiger partial charge in [0.05, 0.1) is 22.2 Å². The van der Waals surface area contributed by atoms with Gasteiger partial charge in [-0.1, -0.05) is 11.6 Å². The number of carbonyl (C=O) groups excluding carboxylic acids is 1. The molecule has 0 unspecified atom stereocenters. The second kappa shape index (κ2) is 11.5. The number of amidine groups is 1. The molecular formula is C20H19ClFN5O5S2. The number of benzene rings is 1. The number of halogens is 2. The summed E-state index contributed by atoms with van der Waals surface area (Å²) < 4.78 is 40.7. The van der Waals surface area contributed by atoms with E-state index in [-0.39, 0.29) is 40.2 Å². The van der Waals surface area contributed by atoms with Gasteiger partial charge < -0.3 is 0 Å². The maximum atomic E-state index is 13.3. The predicted octanol–water partition coefficient (Wildman–Crippen LogP) is 3.61. The quantitative estimate of drug-likeness (QED) is 0.0999. The fraction of sp³-hybridized carbons (Fsp3) is 0.250. The maximum Gasteiger partial charge on any atom is 0.186 e. The average Bonchev–Trinajstić information content (AvgIpc) is 3.25. The van der Waals surface area contributed by atoms with Crippen molar-refractivity contribution in [3.8, 4) is 0 Å². The molecule has 0 amide bonds. The van der Waals surface area contributed by atoms with Crippen LogP contribution in [0.15, 0.2) is 51.2 Å². The number of thioether (sulfide) groups is 1. The predicted molar refractivity (Wildman–Crippen MR) is 124 cm³/mol. The van der Waals surface area contributed by atoms with Crippen molar-refractivity contribution in [2.75, 3.05) is 12.0 Å². The van der Waals surface area contributed by atoms with Crippen molar-refractivity contribution in [3.05, 3.63) is 64.3 Å². The van der Waals surface area contributed by atoms with Crippen LogP contribution >= 0.6 is 23.4 Å². The van der Waals surface area contributed by atoms with E-state index in [2.05, 4.69) is 20.3 Å². The molecule has 0 saturated heterocycles. The Morgan fingerprint density at radius 2 is 2.09 bits per heavy atom. The van der Waals surface area contributed by atoms with Crippen molar-refractivity contribution in [3.63, 3.8) is 0 Å². The molecule has 10 nitrogen and oxygen atoms in total. The number of aromatic nitrogens is 3. The van der Waals surface area contributed by atoms with Crippen LogP contribution < -0.4 is 5.48 Å². The van der Waals surface area contributed by atoms with Gasteiger partial charge in [-0.15, -0.1) is 11.8 Å².